The van der Waals surface area contributed by atoms with Crippen LogP contribution in [0.2, 0.25) is 0 Å². The van der Waals surface area contributed by atoms with E-state index >= 15 is 0 Å². The van der Waals surface area contributed by atoms with Crippen LogP contribution in [0, 0.1) is 0 Å². The van der Waals surface area contributed by atoms with Gasteiger partial charge in [-0.2, -0.15) is 0 Å². The van der Waals surface area contributed by atoms with E-state index in [-0.39, 0.29) is 11.4 Å². The van der Waals surface area contributed by atoms with Crippen molar-refractivity contribution in [2.75, 3.05) is 25.0 Å². The predicted molar refractivity (Wildman–Crippen MR) is 101 cm³/mol. The number of ether oxygens (including phenoxy) is 1. The zero-order chi connectivity index (χ0) is 19.3. The highest BCUT2D eigenvalue weighted by atomic mass is 16.5. The molecular weight excluding hydrogens is 344 g/mol. The fraction of sp³-hybridized carbons (Fsp3) is 0.400. The Morgan fingerprint density at radius 3 is 2.33 bits per heavy atom. The van der Waals surface area contributed by atoms with Crippen LogP contribution in [-0.4, -0.2) is 46.4 Å². The molecule has 1 saturated heterocycles. The molecule has 0 radical (unpaired) electrons. The lowest BCUT2D eigenvalue weighted by Gasteiger charge is -2.42. The van der Waals surface area contributed by atoms with Crippen LogP contribution < -0.4 is 5.32 Å². The van der Waals surface area contributed by atoms with Gasteiger partial charge in [0.1, 0.15) is 0 Å². The van der Waals surface area contributed by atoms with Gasteiger partial charge in [0.05, 0.1) is 17.7 Å². The molecule has 1 fully saturated rings. The molecule has 7 heteroatoms. The molecule has 3 rings (SSSR count). The standard InChI is InChI=1S/C20H24N4O3/c1-3-27-18(26)16-13-21-19(22-14-16)23-20(17-7-5-4-6-8-17)9-11-24(12-10-20)15(2)25/h4-8,13-14H,3,9-12H2,1-2H3,(H,21,22,23). The van der Waals surface area contributed by atoms with E-state index in [0.29, 0.717) is 31.2 Å². The second-order valence-corrected chi connectivity index (χ2v) is 6.60. The number of esters is 1. The largest absolute Gasteiger partial charge is 0.462 e. The molecule has 7 nitrogen and oxygen atoms in total. The van der Waals surface area contributed by atoms with Crippen molar-refractivity contribution in [3.8, 4) is 0 Å². The lowest BCUT2D eigenvalue weighted by Crippen LogP contribution is -2.48. The van der Waals surface area contributed by atoms with Gasteiger partial charge in [0.15, 0.2) is 0 Å². The van der Waals surface area contributed by atoms with Gasteiger partial charge in [-0.25, -0.2) is 14.8 Å². The summed E-state index contributed by atoms with van der Waals surface area (Å²) in [5, 5.41) is 3.46. The van der Waals surface area contributed by atoms with E-state index in [1.54, 1.807) is 13.8 Å². The third-order valence-electron chi connectivity index (χ3n) is 4.90. The first-order chi connectivity index (χ1) is 13.0. The fourth-order valence-corrected chi connectivity index (χ4v) is 3.37. The molecule has 0 atom stereocenters. The highest BCUT2D eigenvalue weighted by molar-refractivity contribution is 5.88. The molecule has 1 aliphatic rings. The number of carbonyl (C=O) groups is 2. The number of nitrogens with zero attached hydrogens (tertiary/aromatic N) is 3. The van der Waals surface area contributed by atoms with Crippen molar-refractivity contribution in [1.82, 2.24) is 14.9 Å². The van der Waals surface area contributed by atoms with Crippen molar-refractivity contribution in [3.63, 3.8) is 0 Å². The molecule has 1 amide bonds. The van der Waals surface area contributed by atoms with Crippen LogP contribution in [0.4, 0.5) is 5.95 Å². The zero-order valence-corrected chi connectivity index (χ0v) is 15.6. The Labute approximate surface area is 158 Å². The number of hydrogen-bond acceptors (Lipinski definition) is 6. The van der Waals surface area contributed by atoms with Crippen molar-refractivity contribution in [1.29, 1.82) is 0 Å². The number of aromatic nitrogens is 2. The van der Waals surface area contributed by atoms with E-state index in [4.69, 9.17) is 4.74 Å². The average molecular weight is 368 g/mol. The van der Waals surface area contributed by atoms with E-state index in [9.17, 15) is 9.59 Å². The third-order valence-corrected chi connectivity index (χ3v) is 4.90. The lowest BCUT2D eigenvalue weighted by atomic mass is 9.81. The Bertz CT molecular complexity index is 785. The van der Waals surface area contributed by atoms with Gasteiger partial charge < -0.3 is 15.0 Å². The van der Waals surface area contributed by atoms with Crippen LogP contribution in [0.5, 0.6) is 0 Å². The van der Waals surface area contributed by atoms with E-state index < -0.39 is 5.97 Å². The summed E-state index contributed by atoms with van der Waals surface area (Å²) in [4.78, 5) is 33.9. The minimum Gasteiger partial charge on any atom is -0.462 e. The minimum absolute atomic E-state index is 0.0895. The van der Waals surface area contributed by atoms with Gasteiger partial charge in [0.2, 0.25) is 11.9 Å². The molecule has 0 saturated carbocycles. The molecule has 1 aromatic carbocycles. The first-order valence-electron chi connectivity index (χ1n) is 9.12. The first kappa shape index (κ1) is 18.8. The number of anilines is 1. The van der Waals surface area contributed by atoms with Crippen LogP contribution in [0.3, 0.4) is 0 Å². The van der Waals surface area contributed by atoms with Gasteiger partial charge in [0, 0.05) is 32.4 Å². The number of amides is 1. The van der Waals surface area contributed by atoms with Crippen molar-refractivity contribution in [3.05, 3.63) is 53.9 Å². The second-order valence-electron chi connectivity index (χ2n) is 6.60. The molecule has 1 aliphatic heterocycles. The fourth-order valence-electron chi connectivity index (χ4n) is 3.37. The van der Waals surface area contributed by atoms with Gasteiger partial charge in [-0.05, 0) is 25.3 Å². The maximum Gasteiger partial charge on any atom is 0.341 e. The van der Waals surface area contributed by atoms with Crippen LogP contribution in [-0.2, 0) is 15.1 Å². The van der Waals surface area contributed by atoms with Gasteiger partial charge in [-0.3, -0.25) is 4.79 Å². The minimum atomic E-state index is -0.434. The zero-order valence-electron chi connectivity index (χ0n) is 15.6. The second kappa shape index (κ2) is 8.16. The molecule has 0 bridgehead atoms. The average Bonchev–Trinajstić information content (AvgIpc) is 2.70. The Morgan fingerprint density at radius 2 is 1.78 bits per heavy atom. The van der Waals surface area contributed by atoms with Crippen molar-refractivity contribution < 1.29 is 14.3 Å². The SMILES string of the molecule is CCOC(=O)c1cnc(NC2(c3ccccc3)CCN(C(C)=O)CC2)nc1. The number of benzene rings is 1. The quantitative estimate of drug-likeness (QED) is 0.817. The Morgan fingerprint density at radius 1 is 1.15 bits per heavy atom. The predicted octanol–water partition coefficient (Wildman–Crippen LogP) is 2.60. The van der Waals surface area contributed by atoms with E-state index in [2.05, 4.69) is 27.4 Å². The first-order valence-corrected chi connectivity index (χ1v) is 9.12. The van der Waals surface area contributed by atoms with Gasteiger partial charge in [0.25, 0.3) is 0 Å². The van der Waals surface area contributed by atoms with E-state index in [1.807, 2.05) is 23.1 Å². The summed E-state index contributed by atoms with van der Waals surface area (Å²) in [5.41, 5.74) is 1.09. The highest BCUT2D eigenvalue weighted by Crippen LogP contribution is 2.35. The van der Waals surface area contributed by atoms with E-state index in [0.717, 1.165) is 18.4 Å². The summed E-state index contributed by atoms with van der Waals surface area (Å²) in [6.07, 6.45) is 4.44. The number of likely N-dealkylation sites (tertiary alicyclic amines) is 1. The van der Waals surface area contributed by atoms with Crippen LogP contribution >= 0.6 is 0 Å². The number of rotatable bonds is 5. The number of carbonyl (C=O) groups excluding carboxylic acids is 2. The highest BCUT2D eigenvalue weighted by Gasteiger charge is 2.37. The molecule has 2 aromatic rings. The molecule has 142 valence electrons. The molecule has 1 aromatic heterocycles. The van der Waals surface area contributed by atoms with Gasteiger partial charge in [-0.15, -0.1) is 0 Å². The Kier molecular flexibility index (Phi) is 5.69. The van der Waals surface area contributed by atoms with Crippen LogP contribution in [0.15, 0.2) is 42.7 Å². The summed E-state index contributed by atoms with van der Waals surface area (Å²) < 4.78 is 4.96. The normalized spacial score (nSPS) is 15.9. The number of hydrogen-bond donors (Lipinski definition) is 1. The maximum atomic E-state index is 11.8. The van der Waals surface area contributed by atoms with E-state index in [1.165, 1.54) is 12.4 Å². The smallest absolute Gasteiger partial charge is 0.341 e. The maximum absolute atomic E-state index is 11.8. The molecule has 2 heterocycles. The van der Waals surface area contributed by atoms with Gasteiger partial charge in [-0.1, -0.05) is 30.3 Å². The Balaban J connectivity index is 1.82. The van der Waals surface area contributed by atoms with Crippen LogP contribution in [0.25, 0.3) is 0 Å². The molecular formula is C20H24N4O3. The topological polar surface area (TPSA) is 84.4 Å². The monoisotopic (exact) mass is 368 g/mol. The molecule has 0 aliphatic carbocycles. The number of piperidine rings is 1. The molecule has 0 spiro atoms. The van der Waals surface area contributed by atoms with Gasteiger partial charge >= 0.3 is 5.97 Å². The third kappa shape index (κ3) is 4.24. The summed E-state index contributed by atoms with van der Waals surface area (Å²) in [7, 11) is 0. The molecule has 1 N–H and O–H groups in total. The summed E-state index contributed by atoms with van der Waals surface area (Å²) in [6.45, 7) is 4.99. The summed E-state index contributed by atoms with van der Waals surface area (Å²) in [5.74, 6) is 0.103. The molecule has 0 unspecified atom stereocenters. The van der Waals surface area contributed by atoms with Crippen molar-refractivity contribution in [2.45, 2.75) is 32.2 Å². The summed E-state index contributed by atoms with van der Waals surface area (Å²) >= 11 is 0. The molecule has 27 heavy (non-hydrogen) atoms. The van der Waals surface area contributed by atoms with Crippen molar-refractivity contribution >= 4 is 17.8 Å². The number of nitrogens with one attached hydrogen (secondary N) is 1. The summed E-state index contributed by atoms with van der Waals surface area (Å²) in [6, 6.07) is 10.1. The van der Waals surface area contributed by atoms with Crippen LogP contribution in [0.1, 0.15) is 42.6 Å². The Hall–Kier alpha value is -2.96. The van der Waals surface area contributed by atoms with Crippen molar-refractivity contribution in [2.24, 2.45) is 0 Å². The lowest BCUT2D eigenvalue weighted by molar-refractivity contribution is -0.130.